The Balaban J connectivity index is 2.40. The van der Waals surface area contributed by atoms with Crippen LogP contribution in [0.5, 0.6) is 0 Å². The summed E-state index contributed by atoms with van der Waals surface area (Å²) in [4.78, 5) is 11.1. The summed E-state index contributed by atoms with van der Waals surface area (Å²) in [5.74, 6) is -0.930. The van der Waals surface area contributed by atoms with Crippen LogP contribution in [-0.2, 0) is 6.54 Å². The Morgan fingerprint density at radius 2 is 2.06 bits per heavy atom. The van der Waals surface area contributed by atoms with Crippen molar-refractivity contribution in [1.82, 2.24) is 9.78 Å². The molecule has 0 amide bonds. The first-order valence-electron chi connectivity index (χ1n) is 5.61. The highest BCUT2D eigenvalue weighted by Crippen LogP contribution is 2.17. The molecule has 2 aromatic rings. The molecule has 5 heteroatoms. The van der Waals surface area contributed by atoms with Crippen molar-refractivity contribution in [2.24, 2.45) is 0 Å². The van der Waals surface area contributed by atoms with E-state index in [4.69, 9.17) is 10.8 Å². The third-order valence-electron chi connectivity index (χ3n) is 3.01. The third kappa shape index (κ3) is 2.07. The highest BCUT2D eigenvalue weighted by molar-refractivity contribution is 5.89. The largest absolute Gasteiger partial charge is 0.478 e. The van der Waals surface area contributed by atoms with Crippen LogP contribution in [-0.4, -0.2) is 20.9 Å². The van der Waals surface area contributed by atoms with Gasteiger partial charge in [0.15, 0.2) is 0 Å². The fourth-order valence-corrected chi connectivity index (χ4v) is 1.89. The topological polar surface area (TPSA) is 81.1 Å². The van der Waals surface area contributed by atoms with Gasteiger partial charge >= 0.3 is 5.97 Å². The quantitative estimate of drug-likeness (QED) is 0.864. The van der Waals surface area contributed by atoms with Crippen molar-refractivity contribution in [1.29, 1.82) is 0 Å². The zero-order chi connectivity index (χ0) is 13.3. The molecule has 0 aliphatic heterocycles. The van der Waals surface area contributed by atoms with Crippen LogP contribution in [0.1, 0.15) is 27.3 Å². The maximum atomic E-state index is 11.1. The average molecular weight is 245 g/mol. The molecule has 5 nitrogen and oxygen atoms in total. The number of carboxylic acids is 1. The van der Waals surface area contributed by atoms with E-state index in [-0.39, 0.29) is 0 Å². The normalized spacial score (nSPS) is 10.6. The van der Waals surface area contributed by atoms with E-state index >= 15 is 0 Å². The first-order valence-corrected chi connectivity index (χ1v) is 5.61. The predicted molar refractivity (Wildman–Crippen MR) is 68.6 cm³/mol. The molecule has 0 unspecified atom stereocenters. The number of nitrogens with zero attached hydrogens (tertiary/aromatic N) is 2. The summed E-state index contributed by atoms with van der Waals surface area (Å²) in [6, 6.07) is 6.90. The number of hydrogen-bond acceptors (Lipinski definition) is 3. The molecule has 0 bridgehead atoms. The summed E-state index contributed by atoms with van der Waals surface area (Å²) in [7, 11) is 0. The van der Waals surface area contributed by atoms with E-state index in [1.54, 1.807) is 22.9 Å². The average Bonchev–Trinajstić information content (AvgIpc) is 2.57. The van der Waals surface area contributed by atoms with Crippen molar-refractivity contribution in [3.8, 4) is 0 Å². The van der Waals surface area contributed by atoms with Crippen molar-refractivity contribution in [2.45, 2.75) is 20.4 Å². The molecular weight excluding hydrogens is 230 g/mol. The van der Waals surface area contributed by atoms with Gasteiger partial charge in [0.1, 0.15) is 0 Å². The molecule has 94 valence electrons. The number of aromatic carboxylic acids is 1. The van der Waals surface area contributed by atoms with Crippen LogP contribution in [0.25, 0.3) is 0 Å². The minimum atomic E-state index is -0.930. The first-order chi connectivity index (χ1) is 8.50. The molecule has 1 heterocycles. The van der Waals surface area contributed by atoms with Crippen LogP contribution in [0.2, 0.25) is 0 Å². The number of carboxylic acid groups (broad SMARTS) is 1. The molecule has 0 radical (unpaired) electrons. The van der Waals surface area contributed by atoms with Crippen LogP contribution in [0.15, 0.2) is 24.3 Å². The summed E-state index contributed by atoms with van der Waals surface area (Å²) in [6.45, 7) is 4.12. The second-order valence-corrected chi connectivity index (χ2v) is 4.20. The highest BCUT2D eigenvalue weighted by atomic mass is 16.4. The molecule has 0 spiro atoms. The van der Waals surface area contributed by atoms with E-state index in [0.717, 1.165) is 17.0 Å². The van der Waals surface area contributed by atoms with Crippen molar-refractivity contribution in [3.05, 3.63) is 46.8 Å². The van der Waals surface area contributed by atoms with E-state index in [2.05, 4.69) is 5.10 Å². The number of rotatable bonds is 3. The number of carbonyl (C=O) groups is 1. The number of nitrogen functional groups attached to an aromatic ring is 1. The van der Waals surface area contributed by atoms with Crippen LogP contribution >= 0.6 is 0 Å². The molecule has 0 saturated heterocycles. The number of benzene rings is 1. The van der Waals surface area contributed by atoms with Gasteiger partial charge in [-0.2, -0.15) is 5.10 Å². The summed E-state index contributed by atoms with van der Waals surface area (Å²) in [5, 5.41) is 13.4. The summed E-state index contributed by atoms with van der Waals surface area (Å²) in [6.07, 6.45) is 0. The zero-order valence-corrected chi connectivity index (χ0v) is 10.3. The lowest BCUT2D eigenvalue weighted by atomic mass is 10.1. The van der Waals surface area contributed by atoms with Gasteiger partial charge in [0.25, 0.3) is 0 Å². The molecule has 0 aliphatic rings. The van der Waals surface area contributed by atoms with Gasteiger partial charge in [-0.1, -0.05) is 18.2 Å². The Bertz CT molecular complexity index is 602. The van der Waals surface area contributed by atoms with Gasteiger partial charge in [0.05, 0.1) is 29.2 Å². The lowest BCUT2D eigenvalue weighted by molar-refractivity contribution is 0.0695. The van der Waals surface area contributed by atoms with Gasteiger partial charge in [0.2, 0.25) is 0 Å². The van der Waals surface area contributed by atoms with Crippen LogP contribution < -0.4 is 5.73 Å². The van der Waals surface area contributed by atoms with Crippen molar-refractivity contribution in [3.63, 3.8) is 0 Å². The maximum absolute atomic E-state index is 11.1. The summed E-state index contributed by atoms with van der Waals surface area (Å²) < 4.78 is 1.73. The van der Waals surface area contributed by atoms with E-state index in [1.807, 2.05) is 19.9 Å². The van der Waals surface area contributed by atoms with Gasteiger partial charge < -0.3 is 10.8 Å². The molecule has 3 N–H and O–H groups in total. The van der Waals surface area contributed by atoms with Gasteiger partial charge in [-0.3, -0.25) is 4.68 Å². The molecule has 0 atom stereocenters. The predicted octanol–water partition coefficient (Wildman–Crippen LogP) is 1.83. The number of nitrogens with two attached hydrogens (primary N) is 1. The van der Waals surface area contributed by atoms with Crippen LogP contribution in [0.4, 0.5) is 5.69 Å². The molecule has 1 aromatic heterocycles. The molecule has 2 rings (SSSR count). The van der Waals surface area contributed by atoms with Gasteiger partial charge in [-0.15, -0.1) is 0 Å². The molecular formula is C13H15N3O2. The third-order valence-corrected chi connectivity index (χ3v) is 3.01. The zero-order valence-electron chi connectivity index (χ0n) is 10.3. The first kappa shape index (κ1) is 12.2. The van der Waals surface area contributed by atoms with Gasteiger partial charge in [-0.25, -0.2) is 4.79 Å². The Kier molecular flexibility index (Phi) is 3.06. The molecule has 0 fully saturated rings. The van der Waals surface area contributed by atoms with E-state index in [1.165, 1.54) is 0 Å². The van der Waals surface area contributed by atoms with Crippen molar-refractivity contribution in [2.75, 3.05) is 5.73 Å². The fourth-order valence-electron chi connectivity index (χ4n) is 1.89. The van der Waals surface area contributed by atoms with E-state index < -0.39 is 5.97 Å². The van der Waals surface area contributed by atoms with E-state index in [0.29, 0.717) is 17.8 Å². The fraction of sp³-hybridized carbons (Fsp3) is 0.231. The molecule has 0 aliphatic carbocycles. The molecule has 0 saturated carbocycles. The van der Waals surface area contributed by atoms with Crippen LogP contribution in [0.3, 0.4) is 0 Å². The number of aromatic nitrogens is 2. The number of anilines is 1. The summed E-state index contributed by atoms with van der Waals surface area (Å²) >= 11 is 0. The van der Waals surface area contributed by atoms with Gasteiger partial charge in [0, 0.05) is 0 Å². The minimum Gasteiger partial charge on any atom is -0.478 e. The second kappa shape index (κ2) is 4.52. The Labute approximate surface area is 105 Å². The lowest BCUT2D eigenvalue weighted by Gasteiger charge is -2.07. The SMILES string of the molecule is Cc1nn(Cc2ccccc2C(=O)O)c(C)c1N. The number of hydrogen-bond donors (Lipinski definition) is 2. The van der Waals surface area contributed by atoms with Crippen molar-refractivity contribution >= 4 is 11.7 Å². The monoisotopic (exact) mass is 245 g/mol. The Morgan fingerprint density at radius 1 is 1.39 bits per heavy atom. The molecule has 18 heavy (non-hydrogen) atoms. The van der Waals surface area contributed by atoms with Gasteiger partial charge in [-0.05, 0) is 25.5 Å². The standard InChI is InChI=1S/C13H15N3O2/c1-8-12(14)9(2)16(15-8)7-10-5-3-4-6-11(10)13(17)18/h3-6H,7,14H2,1-2H3,(H,17,18). The van der Waals surface area contributed by atoms with Crippen molar-refractivity contribution < 1.29 is 9.90 Å². The van der Waals surface area contributed by atoms with Crippen LogP contribution in [0, 0.1) is 13.8 Å². The second-order valence-electron chi connectivity index (χ2n) is 4.20. The Hall–Kier alpha value is -2.30. The highest BCUT2D eigenvalue weighted by Gasteiger charge is 2.13. The van der Waals surface area contributed by atoms with E-state index in [9.17, 15) is 4.79 Å². The number of aryl methyl sites for hydroxylation is 1. The lowest BCUT2D eigenvalue weighted by Crippen LogP contribution is -2.09. The smallest absolute Gasteiger partial charge is 0.336 e. The minimum absolute atomic E-state index is 0.295. The Morgan fingerprint density at radius 3 is 2.61 bits per heavy atom. The molecule has 1 aromatic carbocycles. The maximum Gasteiger partial charge on any atom is 0.336 e. The summed E-state index contributed by atoms with van der Waals surface area (Å²) in [5.41, 5.74) is 9.14.